The molecule has 0 radical (unpaired) electrons. The van der Waals surface area contributed by atoms with E-state index in [1.54, 1.807) is 17.8 Å². The first-order chi connectivity index (χ1) is 12.3. The number of nitrogens with zero attached hydrogens (tertiary/aromatic N) is 2. The largest absolute Gasteiger partial charge is 0.477 e. The first-order valence-corrected chi connectivity index (χ1v) is 8.89. The van der Waals surface area contributed by atoms with Crippen molar-refractivity contribution >= 4 is 34.3 Å². The molecule has 0 unspecified atom stereocenters. The van der Waals surface area contributed by atoms with E-state index in [1.165, 1.54) is 17.4 Å². The molecule has 0 aliphatic heterocycles. The van der Waals surface area contributed by atoms with E-state index in [-0.39, 0.29) is 6.61 Å². The summed E-state index contributed by atoms with van der Waals surface area (Å²) in [5, 5.41) is 0.990. The fourth-order valence-electron chi connectivity index (χ4n) is 2.21. The topological polar surface area (TPSA) is 61.3 Å². The van der Waals surface area contributed by atoms with Gasteiger partial charge in [0.15, 0.2) is 0 Å². The Morgan fingerprint density at radius 1 is 1.32 bits per heavy atom. The zero-order chi connectivity index (χ0) is 17.5. The summed E-state index contributed by atoms with van der Waals surface area (Å²) in [6.45, 7) is 2.83. The maximum absolute atomic E-state index is 11.9. The predicted molar refractivity (Wildman–Crippen MR) is 98.5 cm³/mol. The summed E-state index contributed by atoms with van der Waals surface area (Å²) in [4.78, 5) is 21.3. The van der Waals surface area contributed by atoms with E-state index < -0.39 is 5.97 Å². The summed E-state index contributed by atoms with van der Waals surface area (Å²) in [6, 6.07) is 9.76. The summed E-state index contributed by atoms with van der Waals surface area (Å²) in [5.74, 6) is 0.107. The van der Waals surface area contributed by atoms with Crippen LogP contribution in [-0.2, 0) is 16.1 Å². The summed E-state index contributed by atoms with van der Waals surface area (Å²) < 4.78 is 10.9. The van der Waals surface area contributed by atoms with Gasteiger partial charge in [0.05, 0.1) is 22.5 Å². The lowest BCUT2D eigenvalue weighted by Gasteiger charge is -2.09. The molecular weight excluding hydrogens is 336 g/mol. The minimum Gasteiger partial charge on any atom is -0.477 e. The standard InChI is InChI=1S/C19H18N2O3S/c1-2-9-23-19-15(10-14-5-3-4-6-17(14)21-19)7-8-18(22)24-12-16-11-20-13-25-16/h3-8,10-11,13H,2,9,12H2,1H3/b8-7+. The first kappa shape index (κ1) is 17.1. The third-order valence-electron chi connectivity index (χ3n) is 3.40. The molecule has 0 bridgehead atoms. The van der Waals surface area contributed by atoms with Crippen LogP contribution in [0.4, 0.5) is 0 Å². The number of rotatable bonds is 7. The Balaban J connectivity index is 1.76. The molecule has 0 spiro atoms. The van der Waals surface area contributed by atoms with Gasteiger partial charge in [-0.25, -0.2) is 9.78 Å². The fourth-order valence-corrected chi connectivity index (χ4v) is 2.72. The van der Waals surface area contributed by atoms with Gasteiger partial charge in [-0.1, -0.05) is 25.1 Å². The molecule has 2 heterocycles. The Bertz CT molecular complexity index is 876. The molecule has 0 aliphatic rings. The molecule has 2 aromatic heterocycles. The normalized spacial score (nSPS) is 11.1. The molecule has 128 valence electrons. The number of ether oxygens (including phenoxy) is 2. The van der Waals surface area contributed by atoms with Crippen molar-refractivity contribution in [3.63, 3.8) is 0 Å². The van der Waals surface area contributed by atoms with Gasteiger partial charge in [-0.15, -0.1) is 11.3 Å². The van der Waals surface area contributed by atoms with Crippen molar-refractivity contribution in [2.24, 2.45) is 0 Å². The van der Waals surface area contributed by atoms with E-state index in [0.29, 0.717) is 12.5 Å². The molecule has 0 saturated carbocycles. The highest BCUT2D eigenvalue weighted by atomic mass is 32.1. The van der Waals surface area contributed by atoms with Crippen LogP contribution in [-0.4, -0.2) is 22.5 Å². The Hall–Kier alpha value is -2.73. The van der Waals surface area contributed by atoms with Crippen LogP contribution in [0.3, 0.4) is 0 Å². The number of hydrogen-bond donors (Lipinski definition) is 0. The van der Waals surface area contributed by atoms with Crippen LogP contribution in [0.2, 0.25) is 0 Å². The zero-order valence-electron chi connectivity index (χ0n) is 13.8. The molecule has 0 N–H and O–H groups in total. The van der Waals surface area contributed by atoms with Crippen molar-refractivity contribution < 1.29 is 14.3 Å². The zero-order valence-corrected chi connectivity index (χ0v) is 14.7. The van der Waals surface area contributed by atoms with Gasteiger partial charge in [0.25, 0.3) is 0 Å². The molecule has 3 aromatic rings. The number of para-hydroxylation sites is 1. The summed E-state index contributed by atoms with van der Waals surface area (Å²) >= 11 is 1.45. The van der Waals surface area contributed by atoms with Crippen molar-refractivity contribution in [2.75, 3.05) is 6.61 Å². The van der Waals surface area contributed by atoms with Crippen LogP contribution in [0.25, 0.3) is 17.0 Å². The molecule has 0 aliphatic carbocycles. The van der Waals surface area contributed by atoms with E-state index in [2.05, 4.69) is 9.97 Å². The number of pyridine rings is 1. The van der Waals surface area contributed by atoms with Crippen LogP contribution in [0.1, 0.15) is 23.8 Å². The van der Waals surface area contributed by atoms with Gasteiger partial charge in [0.1, 0.15) is 6.61 Å². The molecule has 0 amide bonds. The molecule has 0 fully saturated rings. The number of esters is 1. The summed E-state index contributed by atoms with van der Waals surface area (Å²) in [6.07, 6.45) is 5.64. The van der Waals surface area contributed by atoms with Crippen LogP contribution in [0, 0.1) is 0 Å². The Morgan fingerprint density at radius 3 is 3.00 bits per heavy atom. The van der Waals surface area contributed by atoms with Gasteiger partial charge in [0.2, 0.25) is 5.88 Å². The number of thiazole rings is 1. The molecule has 0 saturated heterocycles. The molecule has 0 atom stereocenters. The average Bonchev–Trinajstić information content (AvgIpc) is 3.16. The van der Waals surface area contributed by atoms with Gasteiger partial charge in [-0.05, 0) is 24.6 Å². The summed E-state index contributed by atoms with van der Waals surface area (Å²) in [5.41, 5.74) is 3.32. The molecule has 6 heteroatoms. The second-order valence-electron chi connectivity index (χ2n) is 5.33. The van der Waals surface area contributed by atoms with Crippen LogP contribution in [0.15, 0.2) is 48.1 Å². The minimum atomic E-state index is -0.414. The van der Waals surface area contributed by atoms with Gasteiger partial charge in [-0.2, -0.15) is 0 Å². The predicted octanol–water partition coefficient (Wildman–Crippen LogP) is 4.24. The Labute approximate surface area is 150 Å². The first-order valence-electron chi connectivity index (χ1n) is 8.01. The molecule has 25 heavy (non-hydrogen) atoms. The second kappa shape index (κ2) is 8.39. The average molecular weight is 354 g/mol. The lowest BCUT2D eigenvalue weighted by Crippen LogP contribution is -2.01. The third-order valence-corrected chi connectivity index (χ3v) is 4.15. The third kappa shape index (κ3) is 4.64. The Morgan fingerprint density at radius 2 is 2.20 bits per heavy atom. The Kier molecular flexibility index (Phi) is 5.74. The van der Waals surface area contributed by atoms with Gasteiger partial charge in [0, 0.05) is 23.2 Å². The number of hydrogen-bond acceptors (Lipinski definition) is 6. The van der Waals surface area contributed by atoms with E-state index in [9.17, 15) is 4.79 Å². The van der Waals surface area contributed by atoms with Crippen molar-refractivity contribution in [3.05, 3.63) is 58.6 Å². The smallest absolute Gasteiger partial charge is 0.331 e. The quantitative estimate of drug-likeness (QED) is 0.469. The maximum atomic E-state index is 11.9. The highest BCUT2D eigenvalue weighted by Crippen LogP contribution is 2.24. The molecule has 3 rings (SSSR count). The van der Waals surface area contributed by atoms with Crippen molar-refractivity contribution in [1.29, 1.82) is 0 Å². The summed E-state index contributed by atoms with van der Waals surface area (Å²) in [7, 11) is 0. The fraction of sp³-hybridized carbons (Fsp3) is 0.211. The van der Waals surface area contributed by atoms with Crippen molar-refractivity contribution in [1.82, 2.24) is 9.97 Å². The number of aromatic nitrogens is 2. The number of fused-ring (bicyclic) bond motifs is 1. The molecular formula is C19H18N2O3S. The van der Waals surface area contributed by atoms with Crippen LogP contribution < -0.4 is 4.74 Å². The highest BCUT2D eigenvalue weighted by Gasteiger charge is 2.07. The molecule has 1 aromatic carbocycles. The van der Waals surface area contributed by atoms with E-state index in [0.717, 1.165) is 27.8 Å². The van der Waals surface area contributed by atoms with Crippen LogP contribution >= 0.6 is 11.3 Å². The number of carbonyl (C=O) groups excluding carboxylic acids is 1. The minimum absolute atomic E-state index is 0.225. The number of carbonyl (C=O) groups is 1. The monoisotopic (exact) mass is 354 g/mol. The number of benzene rings is 1. The lowest BCUT2D eigenvalue weighted by atomic mass is 10.1. The second-order valence-corrected chi connectivity index (χ2v) is 6.30. The lowest BCUT2D eigenvalue weighted by molar-refractivity contribution is -0.138. The van der Waals surface area contributed by atoms with E-state index >= 15 is 0 Å². The highest BCUT2D eigenvalue weighted by molar-refractivity contribution is 7.09. The van der Waals surface area contributed by atoms with E-state index in [1.807, 2.05) is 37.3 Å². The van der Waals surface area contributed by atoms with E-state index in [4.69, 9.17) is 9.47 Å². The van der Waals surface area contributed by atoms with Gasteiger partial charge < -0.3 is 9.47 Å². The SMILES string of the molecule is CCCOc1nc2ccccc2cc1/C=C/C(=O)OCc1cncs1. The maximum Gasteiger partial charge on any atom is 0.331 e. The van der Waals surface area contributed by atoms with Crippen molar-refractivity contribution in [3.8, 4) is 5.88 Å². The van der Waals surface area contributed by atoms with Crippen LogP contribution in [0.5, 0.6) is 5.88 Å². The van der Waals surface area contributed by atoms with Gasteiger partial charge >= 0.3 is 5.97 Å². The van der Waals surface area contributed by atoms with Gasteiger partial charge in [-0.3, -0.25) is 4.98 Å². The molecule has 5 nitrogen and oxygen atoms in total. The van der Waals surface area contributed by atoms with Crippen molar-refractivity contribution in [2.45, 2.75) is 20.0 Å².